The first-order valence-electron chi connectivity index (χ1n) is 7.53. The van der Waals surface area contributed by atoms with Crippen molar-refractivity contribution in [2.45, 2.75) is 32.7 Å². The summed E-state index contributed by atoms with van der Waals surface area (Å²) >= 11 is 0. The van der Waals surface area contributed by atoms with E-state index >= 15 is 0 Å². The number of carbonyl (C=O) groups is 2. The second kappa shape index (κ2) is 5.72. The third-order valence-electron chi connectivity index (χ3n) is 4.18. The van der Waals surface area contributed by atoms with Crippen molar-refractivity contribution in [1.29, 1.82) is 0 Å². The molecule has 1 aromatic heterocycles. The number of carbonyl (C=O) groups excluding carboxylic acids is 2. The summed E-state index contributed by atoms with van der Waals surface area (Å²) in [6.45, 7) is 3.60. The number of amides is 1. The molecule has 0 radical (unpaired) electrons. The monoisotopic (exact) mass is 284 g/mol. The highest BCUT2D eigenvalue weighted by Gasteiger charge is 2.19. The fraction of sp³-hybridized carbons (Fsp3) is 0.412. The van der Waals surface area contributed by atoms with Crippen LogP contribution >= 0.6 is 0 Å². The first kappa shape index (κ1) is 13.9. The lowest BCUT2D eigenvalue weighted by Crippen LogP contribution is -2.37. The molecule has 1 aliphatic rings. The van der Waals surface area contributed by atoms with Crippen LogP contribution in [-0.2, 0) is 11.3 Å². The number of likely N-dealkylation sites (tertiary alicyclic amines) is 1. The average molecular weight is 284 g/mol. The van der Waals surface area contributed by atoms with Crippen LogP contribution in [0.15, 0.2) is 30.5 Å². The molecule has 1 amide bonds. The number of hydrogen-bond donors (Lipinski definition) is 0. The van der Waals surface area contributed by atoms with Crippen molar-refractivity contribution in [2.75, 3.05) is 13.1 Å². The van der Waals surface area contributed by atoms with Crippen molar-refractivity contribution in [3.63, 3.8) is 0 Å². The van der Waals surface area contributed by atoms with Gasteiger partial charge in [0.05, 0.1) is 0 Å². The molecule has 1 aliphatic heterocycles. The maximum Gasteiger partial charge on any atom is 0.242 e. The van der Waals surface area contributed by atoms with Gasteiger partial charge in [0, 0.05) is 35.8 Å². The van der Waals surface area contributed by atoms with Gasteiger partial charge in [-0.3, -0.25) is 9.59 Å². The number of Topliss-reactive ketones (excluding diaryl/α,β-unsaturated/α-hetero) is 1. The molecule has 0 atom stereocenters. The topological polar surface area (TPSA) is 42.3 Å². The van der Waals surface area contributed by atoms with Gasteiger partial charge in [-0.15, -0.1) is 0 Å². The predicted molar refractivity (Wildman–Crippen MR) is 82.4 cm³/mol. The molecule has 0 aliphatic carbocycles. The molecule has 0 saturated carbocycles. The fourth-order valence-corrected chi connectivity index (χ4v) is 3.05. The lowest BCUT2D eigenvalue weighted by molar-refractivity contribution is -0.132. The van der Waals surface area contributed by atoms with Crippen LogP contribution in [0, 0.1) is 0 Å². The van der Waals surface area contributed by atoms with Crippen molar-refractivity contribution in [3.05, 3.63) is 36.0 Å². The van der Waals surface area contributed by atoms with Crippen molar-refractivity contribution >= 4 is 22.6 Å². The van der Waals surface area contributed by atoms with Gasteiger partial charge in [0.1, 0.15) is 6.54 Å². The second-order valence-electron chi connectivity index (χ2n) is 5.69. The molecule has 21 heavy (non-hydrogen) atoms. The zero-order valence-electron chi connectivity index (χ0n) is 12.3. The van der Waals surface area contributed by atoms with Gasteiger partial charge in [0.15, 0.2) is 5.78 Å². The number of ketones is 1. The predicted octanol–water partition coefficient (Wildman–Crippen LogP) is 2.86. The Kier molecular flexibility index (Phi) is 3.78. The molecule has 0 bridgehead atoms. The third-order valence-corrected chi connectivity index (χ3v) is 4.18. The summed E-state index contributed by atoms with van der Waals surface area (Å²) in [6, 6.07) is 7.76. The molecule has 0 N–H and O–H groups in total. The minimum absolute atomic E-state index is 0.0374. The van der Waals surface area contributed by atoms with Crippen LogP contribution in [-0.4, -0.2) is 34.2 Å². The molecule has 1 aromatic carbocycles. The van der Waals surface area contributed by atoms with Crippen molar-refractivity contribution in [3.8, 4) is 0 Å². The molecule has 1 saturated heterocycles. The Labute approximate surface area is 124 Å². The Bertz CT molecular complexity index is 681. The number of hydrogen-bond acceptors (Lipinski definition) is 2. The van der Waals surface area contributed by atoms with E-state index in [1.807, 2.05) is 39.9 Å². The van der Waals surface area contributed by atoms with Crippen LogP contribution < -0.4 is 0 Å². The van der Waals surface area contributed by atoms with Gasteiger partial charge in [-0.05, 0) is 32.3 Å². The Hall–Kier alpha value is -2.10. The highest BCUT2D eigenvalue weighted by atomic mass is 16.2. The molecule has 3 rings (SSSR count). The Morgan fingerprint density at radius 1 is 1.10 bits per heavy atom. The third kappa shape index (κ3) is 2.71. The number of para-hydroxylation sites is 1. The minimum atomic E-state index is 0.0374. The highest BCUT2D eigenvalue weighted by Crippen LogP contribution is 2.22. The summed E-state index contributed by atoms with van der Waals surface area (Å²) < 4.78 is 1.91. The van der Waals surface area contributed by atoms with E-state index in [0.29, 0.717) is 12.1 Å². The zero-order chi connectivity index (χ0) is 14.8. The highest BCUT2D eigenvalue weighted by molar-refractivity contribution is 6.07. The lowest BCUT2D eigenvalue weighted by atomic mass is 10.1. The molecule has 4 nitrogen and oxygen atoms in total. The standard InChI is InChI=1S/C17H20N2O2/c1-13(20)15-11-19(16-8-4-3-7-14(15)16)12-17(21)18-9-5-2-6-10-18/h3-4,7-8,11H,2,5-6,9-10,12H2,1H3. The van der Waals surface area contributed by atoms with Gasteiger partial charge in [-0.2, -0.15) is 0 Å². The van der Waals surface area contributed by atoms with Crippen molar-refractivity contribution < 1.29 is 9.59 Å². The van der Waals surface area contributed by atoms with Crippen molar-refractivity contribution in [1.82, 2.24) is 9.47 Å². The molecule has 110 valence electrons. The Morgan fingerprint density at radius 2 is 1.81 bits per heavy atom. The lowest BCUT2D eigenvalue weighted by Gasteiger charge is -2.27. The van der Waals surface area contributed by atoms with E-state index in [1.165, 1.54) is 6.42 Å². The number of aromatic nitrogens is 1. The fourth-order valence-electron chi connectivity index (χ4n) is 3.05. The summed E-state index contributed by atoms with van der Waals surface area (Å²) in [4.78, 5) is 26.1. The zero-order valence-corrected chi connectivity index (χ0v) is 12.3. The summed E-state index contributed by atoms with van der Waals surface area (Å²) in [5, 5.41) is 0.927. The molecule has 0 spiro atoms. The van der Waals surface area contributed by atoms with Gasteiger partial charge < -0.3 is 9.47 Å². The SMILES string of the molecule is CC(=O)c1cn(CC(=O)N2CCCCC2)c2ccccc12. The molecular weight excluding hydrogens is 264 g/mol. The van der Waals surface area contributed by atoms with E-state index in [9.17, 15) is 9.59 Å². The number of piperidine rings is 1. The van der Waals surface area contributed by atoms with E-state index < -0.39 is 0 Å². The van der Waals surface area contributed by atoms with E-state index in [2.05, 4.69) is 0 Å². The molecule has 0 unspecified atom stereocenters. The normalized spacial score (nSPS) is 15.4. The number of rotatable bonds is 3. The number of benzene rings is 1. The van der Waals surface area contributed by atoms with Gasteiger partial charge in [0.2, 0.25) is 5.91 Å². The van der Waals surface area contributed by atoms with E-state index in [4.69, 9.17) is 0 Å². The first-order valence-corrected chi connectivity index (χ1v) is 7.53. The van der Waals surface area contributed by atoms with Crippen LogP contribution in [0.1, 0.15) is 36.5 Å². The maximum absolute atomic E-state index is 12.4. The van der Waals surface area contributed by atoms with Crippen molar-refractivity contribution in [2.24, 2.45) is 0 Å². The van der Waals surface area contributed by atoms with Gasteiger partial charge in [0.25, 0.3) is 0 Å². The van der Waals surface area contributed by atoms with Gasteiger partial charge >= 0.3 is 0 Å². The molecular formula is C17H20N2O2. The van der Waals surface area contributed by atoms with Crippen LogP contribution in [0.3, 0.4) is 0 Å². The van der Waals surface area contributed by atoms with Crippen LogP contribution in [0.2, 0.25) is 0 Å². The molecule has 1 fully saturated rings. The van der Waals surface area contributed by atoms with E-state index in [0.717, 1.165) is 36.8 Å². The van der Waals surface area contributed by atoms with E-state index in [1.54, 1.807) is 6.92 Å². The summed E-state index contributed by atoms with van der Waals surface area (Å²) in [5.41, 5.74) is 1.64. The molecule has 2 heterocycles. The first-order chi connectivity index (χ1) is 10.2. The smallest absolute Gasteiger partial charge is 0.242 e. The second-order valence-corrected chi connectivity index (χ2v) is 5.69. The molecule has 4 heteroatoms. The Morgan fingerprint density at radius 3 is 2.52 bits per heavy atom. The molecule has 2 aromatic rings. The quantitative estimate of drug-likeness (QED) is 0.813. The average Bonchev–Trinajstić information content (AvgIpc) is 2.87. The van der Waals surface area contributed by atoms with Gasteiger partial charge in [-0.1, -0.05) is 18.2 Å². The van der Waals surface area contributed by atoms with Crippen LogP contribution in [0.5, 0.6) is 0 Å². The minimum Gasteiger partial charge on any atom is -0.341 e. The Balaban J connectivity index is 1.90. The summed E-state index contributed by atoms with van der Waals surface area (Å²) in [6.07, 6.45) is 5.22. The van der Waals surface area contributed by atoms with Crippen LogP contribution in [0.25, 0.3) is 10.9 Å². The maximum atomic E-state index is 12.4. The number of fused-ring (bicyclic) bond motifs is 1. The summed E-state index contributed by atoms with van der Waals surface area (Å²) in [5.74, 6) is 0.181. The van der Waals surface area contributed by atoms with Gasteiger partial charge in [-0.25, -0.2) is 0 Å². The van der Waals surface area contributed by atoms with Crippen LogP contribution in [0.4, 0.5) is 0 Å². The number of nitrogens with zero attached hydrogens (tertiary/aromatic N) is 2. The van der Waals surface area contributed by atoms with E-state index in [-0.39, 0.29) is 11.7 Å². The summed E-state index contributed by atoms with van der Waals surface area (Å²) in [7, 11) is 0. The largest absolute Gasteiger partial charge is 0.341 e.